The average molecular weight is 525 g/mol. The predicted molar refractivity (Wildman–Crippen MR) is 142 cm³/mol. The normalized spacial score (nSPS) is 20.7. The first kappa shape index (κ1) is 23.8. The number of rotatable bonds is 6. The molecule has 0 aromatic carbocycles. The minimum absolute atomic E-state index is 0.0229. The standard InChI is InChI=1S/C26H24N10OS/c1-14(8-27)31-21-7-22(23-4-3-19-5-16(9-28)10-30-36(19)23)29-11-20(21)25-33-34-26(38-25)35-12-17-6-18(13-35)24(17)32-15(2)37/h3-5,7,10-11,14,17-18,24H,6,12-13H2,1-2H3,(H,29,31)(H,32,37)/t14-,17?,18?,24?/m1/s1. The molecule has 4 aromatic rings. The zero-order valence-electron chi connectivity index (χ0n) is 20.8. The number of hydrogen-bond donors (Lipinski definition) is 2. The molecule has 3 atom stereocenters. The van der Waals surface area contributed by atoms with Crippen molar-refractivity contribution in [1.82, 2.24) is 30.1 Å². The van der Waals surface area contributed by atoms with Crippen molar-refractivity contribution in [3.05, 3.63) is 42.2 Å². The predicted octanol–water partition coefficient (Wildman–Crippen LogP) is 3.07. The molecule has 2 aliphatic heterocycles. The van der Waals surface area contributed by atoms with Crippen molar-refractivity contribution in [2.45, 2.75) is 32.4 Å². The number of aromatic nitrogens is 5. The molecule has 4 aromatic heterocycles. The zero-order valence-corrected chi connectivity index (χ0v) is 21.6. The van der Waals surface area contributed by atoms with E-state index in [2.05, 4.69) is 43.0 Å². The van der Waals surface area contributed by atoms with Gasteiger partial charge in [-0.1, -0.05) is 11.3 Å². The molecule has 190 valence electrons. The SMILES string of the molecule is CC(=O)NC1C2CC1CN(c1nnc(-c3cnc(-c4ccc5cc(C#N)cnn45)cc3N[C@H](C)C#N)s1)C2. The van der Waals surface area contributed by atoms with E-state index >= 15 is 0 Å². The lowest BCUT2D eigenvalue weighted by Gasteiger charge is -2.53. The van der Waals surface area contributed by atoms with Gasteiger partial charge in [0.15, 0.2) is 5.01 Å². The highest BCUT2D eigenvalue weighted by Gasteiger charge is 2.47. The largest absolute Gasteiger partial charge is 0.369 e. The number of amides is 1. The van der Waals surface area contributed by atoms with Crippen LogP contribution in [0.25, 0.3) is 27.5 Å². The molecule has 2 unspecified atom stereocenters. The van der Waals surface area contributed by atoms with Crippen LogP contribution in [0.5, 0.6) is 0 Å². The summed E-state index contributed by atoms with van der Waals surface area (Å²) in [6, 6.07) is 11.6. The van der Waals surface area contributed by atoms with E-state index < -0.39 is 6.04 Å². The maximum atomic E-state index is 11.5. The number of carbonyl (C=O) groups is 1. The molecular formula is C26H24N10OS. The molecule has 0 spiro atoms. The van der Waals surface area contributed by atoms with E-state index in [9.17, 15) is 15.3 Å². The Labute approximate surface area is 222 Å². The maximum absolute atomic E-state index is 11.5. The summed E-state index contributed by atoms with van der Waals surface area (Å²) in [7, 11) is 0. The van der Waals surface area contributed by atoms with E-state index in [-0.39, 0.29) is 11.9 Å². The Balaban J connectivity index is 1.30. The summed E-state index contributed by atoms with van der Waals surface area (Å²) in [6.45, 7) is 5.04. The number of nitrogens with zero attached hydrogens (tertiary/aromatic N) is 8. The number of hydrogen-bond acceptors (Lipinski definition) is 10. The van der Waals surface area contributed by atoms with E-state index in [1.165, 1.54) is 17.5 Å². The Bertz CT molecular complexity index is 1620. The molecule has 2 N–H and O–H groups in total. The van der Waals surface area contributed by atoms with Crippen LogP contribution in [0.15, 0.2) is 36.7 Å². The van der Waals surface area contributed by atoms with Crippen LogP contribution in [0.4, 0.5) is 10.8 Å². The molecule has 1 saturated carbocycles. The summed E-state index contributed by atoms with van der Waals surface area (Å²) in [6.07, 6.45) is 4.39. The molecule has 2 bridgehead atoms. The second-order valence-electron chi connectivity index (χ2n) is 9.80. The van der Waals surface area contributed by atoms with Gasteiger partial charge in [0.2, 0.25) is 11.0 Å². The van der Waals surface area contributed by atoms with E-state index in [1.54, 1.807) is 30.6 Å². The van der Waals surface area contributed by atoms with Gasteiger partial charge in [-0.3, -0.25) is 9.78 Å². The molecule has 1 aliphatic carbocycles. The lowest BCUT2D eigenvalue weighted by Crippen LogP contribution is -2.64. The third kappa shape index (κ3) is 4.19. The fourth-order valence-corrected chi connectivity index (χ4v) is 6.26. The summed E-state index contributed by atoms with van der Waals surface area (Å²) < 4.78 is 1.74. The van der Waals surface area contributed by atoms with E-state index in [4.69, 9.17) is 4.98 Å². The average Bonchev–Trinajstić information content (AvgIpc) is 3.59. The smallest absolute Gasteiger partial charge is 0.217 e. The molecule has 11 nitrogen and oxygen atoms in total. The summed E-state index contributed by atoms with van der Waals surface area (Å²) in [5.74, 6) is 0.874. The van der Waals surface area contributed by atoms with E-state index in [1.807, 2.05) is 18.2 Å². The fourth-order valence-electron chi connectivity index (χ4n) is 5.37. The molecule has 3 aliphatic rings. The molecule has 2 saturated heterocycles. The number of piperidine rings is 2. The van der Waals surface area contributed by atoms with Gasteiger partial charge in [0.25, 0.3) is 0 Å². The van der Waals surface area contributed by atoms with Crippen molar-refractivity contribution in [3.8, 4) is 34.1 Å². The van der Waals surface area contributed by atoms with E-state index in [0.29, 0.717) is 28.1 Å². The lowest BCUT2D eigenvalue weighted by atomic mass is 9.66. The monoisotopic (exact) mass is 524 g/mol. The third-order valence-corrected chi connectivity index (χ3v) is 8.20. The summed E-state index contributed by atoms with van der Waals surface area (Å²) in [5, 5.41) is 39.9. The fraction of sp³-hybridized carbons (Fsp3) is 0.346. The quantitative estimate of drug-likeness (QED) is 0.388. The lowest BCUT2D eigenvalue weighted by molar-refractivity contribution is -0.122. The summed E-state index contributed by atoms with van der Waals surface area (Å²) in [5.41, 5.74) is 4.20. The minimum Gasteiger partial charge on any atom is -0.369 e. The van der Waals surface area contributed by atoms with Crippen LogP contribution < -0.4 is 15.5 Å². The summed E-state index contributed by atoms with van der Waals surface area (Å²) >= 11 is 1.49. The van der Waals surface area contributed by atoms with Gasteiger partial charge < -0.3 is 15.5 Å². The molecule has 3 fully saturated rings. The van der Waals surface area contributed by atoms with Crippen molar-refractivity contribution in [2.75, 3.05) is 23.3 Å². The van der Waals surface area contributed by atoms with Crippen LogP contribution in [0.1, 0.15) is 25.8 Å². The Kier molecular flexibility index (Phi) is 5.89. The van der Waals surface area contributed by atoms with Crippen molar-refractivity contribution < 1.29 is 4.79 Å². The first-order valence-electron chi connectivity index (χ1n) is 12.3. The molecule has 12 heteroatoms. The number of nitrogens with one attached hydrogen (secondary N) is 2. The van der Waals surface area contributed by atoms with Gasteiger partial charge in [0.1, 0.15) is 12.1 Å². The number of nitriles is 2. The molecular weight excluding hydrogens is 500 g/mol. The van der Waals surface area contributed by atoms with Crippen LogP contribution >= 0.6 is 11.3 Å². The summed E-state index contributed by atoms with van der Waals surface area (Å²) in [4.78, 5) is 18.5. The third-order valence-electron chi connectivity index (χ3n) is 7.18. The number of carbonyl (C=O) groups excluding carboxylic acids is 1. The van der Waals surface area contributed by atoms with Crippen LogP contribution in [0.3, 0.4) is 0 Å². The van der Waals surface area contributed by atoms with Crippen molar-refractivity contribution in [1.29, 1.82) is 10.5 Å². The molecule has 7 rings (SSSR count). The highest BCUT2D eigenvalue weighted by atomic mass is 32.1. The zero-order chi connectivity index (χ0) is 26.4. The molecule has 38 heavy (non-hydrogen) atoms. The molecule has 0 radical (unpaired) electrons. The number of pyridine rings is 1. The Morgan fingerprint density at radius 3 is 2.74 bits per heavy atom. The van der Waals surface area contributed by atoms with Gasteiger partial charge >= 0.3 is 0 Å². The Morgan fingerprint density at radius 2 is 2.00 bits per heavy atom. The first-order chi connectivity index (χ1) is 18.4. The van der Waals surface area contributed by atoms with Gasteiger partial charge in [-0.25, -0.2) is 4.52 Å². The number of fused-ring (bicyclic) bond motifs is 3. The van der Waals surface area contributed by atoms with Crippen molar-refractivity contribution in [3.63, 3.8) is 0 Å². The van der Waals surface area contributed by atoms with Crippen molar-refractivity contribution in [2.24, 2.45) is 11.8 Å². The van der Waals surface area contributed by atoms with Gasteiger partial charge in [-0.05, 0) is 49.4 Å². The van der Waals surface area contributed by atoms with Crippen molar-refractivity contribution >= 4 is 33.6 Å². The first-order valence-corrected chi connectivity index (χ1v) is 13.2. The second-order valence-corrected chi connectivity index (χ2v) is 10.8. The Morgan fingerprint density at radius 1 is 1.18 bits per heavy atom. The van der Waals surface area contributed by atoms with Gasteiger partial charge in [-0.15, -0.1) is 10.2 Å². The second kappa shape index (κ2) is 9.39. The van der Waals surface area contributed by atoms with Gasteiger partial charge in [0, 0.05) is 37.9 Å². The van der Waals surface area contributed by atoms with Crippen LogP contribution in [-0.4, -0.2) is 55.9 Å². The number of anilines is 2. The maximum Gasteiger partial charge on any atom is 0.217 e. The highest BCUT2D eigenvalue weighted by molar-refractivity contribution is 7.18. The highest BCUT2D eigenvalue weighted by Crippen LogP contribution is 2.43. The van der Waals surface area contributed by atoms with Crippen LogP contribution in [0.2, 0.25) is 0 Å². The minimum atomic E-state index is -0.434. The Hall–Kier alpha value is -4.55. The van der Waals surface area contributed by atoms with Gasteiger partial charge in [0.05, 0.1) is 40.3 Å². The molecule has 6 heterocycles. The van der Waals surface area contributed by atoms with E-state index in [0.717, 1.165) is 47.1 Å². The molecule has 1 amide bonds. The topological polar surface area (TPSA) is 148 Å². The van der Waals surface area contributed by atoms with Crippen LogP contribution in [-0.2, 0) is 4.79 Å². The van der Waals surface area contributed by atoms with Gasteiger partial charge in [-0.2, -0.15) is 15.6 Å². The van der Waals surface area contributed by atoms with Crippen LogP contribution in [0, 0.1) is 34.5 Å².